The number of hydrogen-bond donors (Lipinski definition) is 1. The van der Waals surface area contributed by atoms with Gasteiger partial charge in [-0.3, -0.25) is 4.90 Å². The Morgan fingerprint density at radius 1 is 1.00 bits per heavy atom. The van der Waals surface area contributed by atoms with Crippen LogP contribution in [0.5, 0.6) is 0 Å². The summed E-state index contributed by atoms with van der Waals surface area (Å²) >= 11 is 0. The zero-order valence-corrected chi connectivity index (χ0v) is 17.9. The average Bonchev–Trinajstić information content (AvgIpc) is 2.62. The summed E-state index contributed by atoms with van der Waals surface area (Å²) in [5.74, 6) is 0. The fourth-order valence-corrected chi connectivity index (χ4v) is 3.28. The van der Waals surface area contributed by atoms with Gasteiger partial charge in [0.2, 0.25) is 0 Å². The second kappa shape index (κ2) is 12.3. The van der Waals surface area contributed by atoms with E-state index in [-0.39, 0.29) is 17.3 Å². The van der Waals surface area contributed by atoms with Crippen molar-refractivity contribution in [2.24, 2.45) is 0 Å². The minimum Gasteiger partial charge on any atom is -0.392 e. The van der Waals surface area contributed by atoms with Gasteiger partial charge in [0.05, 0.1) is 37.1 Å². The predicted octanol–water partition coefficient (Wildman–Crippen LogP) is 3.63. The second-order valence-corrected chi connectivity index (χ2v) is 8.18. The van der Waals surface area contributed by atoms with E-state index in [1.54, 1.807) is 0 Å². The Labute approximate surface area is 161 Å². The molecule has 0 aromatic rings. The van der Waals surface area contributed by atoms with Crippen LogP contribution in [0.4, 0.5) is 0 Å². The van der Waals surface area contributed by atoms with Crippen molar-refractivity contribution in [3.8, 4) is 0 Å². The molecule has 1 aliphatic heterocycles. The Morgan fingerprint density at radius 2 is 1.62 bits per heavy atom. The third-order valence-electron chi connectivity index (χ3n) is 5.77. The van der Waals surface area contributed by atoms with Crippen LogP contribution in [0, 0.1) is 0 Å². The third-order valence-corrected chi connectivity index (χ3v) is 5.77. The molecule has 1 fully saturated rings. The summed E-state index contributed by atoms with van der Waals surface area (Å²) in [4.78, 5) is 2.28. The fourth-order valence-electron chi connectivity index (χ4n) is 3.28. The highest BCUT2D eigenvalue weighted by molar-refractivity contribution is 4.81. The largest absolute Gasteiger partial charge is 0.392 e. The maximum absolute atomic E-state index is 10.5. The number of aliphatic hydroxyl groups is 1. The molecule has 0 amide bonds. The SMILES string of the molecule is CCCCOC(C)(CC)CCOC(C)(CC)CC(O)CN1CCOCC1. The lowest BCUT2D eigenvalue weighted by atomic mass is 9.94. The van der Waals surface area contributed by atoms with Crippen molar-refractivity contribution in [1.29, 1.82) is 0 Å². The van der Waals surface area contributed by atoms with Gasteiger partial charge in [0.15, 0.2) is 0 Å². The molecule has 1 aliphatic rings. The number of nitrogens with zero attached hydrogens (tertiary/aromatic N) is 1. The van der Waals surface area contributed by atoms with E-state index in [2.05, 4.69) is 39.5 Å². The van der Waals surface area contributed by atoms with Gasteiger partial charge in [0.25, 0.3) is 0 Å². The van der Waals surface area contributed by atoms with Gasteiger partial charge in [-0.2, -0.15) is 0 Å². The molecule has 1 N–H and O–H groups in total. The lowest BCUT2D eigenvalue weighted by molar-refractivity contribution is -0.103. The van der Waals surface area contributed by atoms with Crippen LogP contribution >= 0.6 is 0 Å². The van der Waals surface area contributed by atoms with Crippen LogP contribution in [0.25, 0.3) is 0 Å². The van der Waals surface area contributed by atoms with E-state index in [1.807, 2.05) is 0 Å². The van der Waals surface area contributed by atoms with E-state index in [0.29, 0.717) is 19.6 Å². The number of hydrogen-bond acceptors (Lipinski definition) is 5. The summed E-state index contributed by atoms with van der Waals surface area (Å²) in [6, 6.07) is 0. The van der Waals surface area contributed by atoms with Gasteiger partial charge < -0.3 is 19.3 Å². The minimum absolute atomic E-state index is 0.115. The van der Waals surface area contributed by atoms with Crippen LogP contribution in [-0.4, -0.2) is 73.4 Å². The smallest absolute Gasteiger partial charge is 0.0694 e. The third kappa shape index (κ3) is 9.14. The number of morpholine rings is 1. The van der Waals surface area contributed by atoms with Crippen molar-refractivity contribution >= 4 is 0 Å². The Morgan fingerprint density at radius 3 is 2.19 bits per heavy atom. The van der Waals surface area contributed by atoms with Gasteiger partial charge in [-0.15, -0.1) is 0 Å². The van der Waals surface area contributed by atoms with Gasteiger partial charge in [0, 0.05) is 32.7 Å². The maximum Gasteiger partial charge on any atom is 0.0694 e. The first-order valence-corrected chi connectivity index (χ1v) is 10.6. The topological polar surface area (TPSA) is 51.2 Å². The van der Waals surface area contributed by atoms with Gasteiger partial charge in [-0.1, -0.05) is 27.2 Å². The molecule has 0 bridgehead atoms. The van der Waals surface area contributed by atoms with E-state index in [9.17, 15) is 5.11 Å². The Kier molecular flexibility index (Phi) is 11.3. The Bertz CT molecular complexity index is 362. The summed E-state index contributed by atoms with van der Waals surface area (Å²) in [6.45, 7) is 16.4. The molecule has 0 aromatic heterocycles. The van der Waals surface area contributed by atoms with Crippen molar-refractivity contribution in [3.63, 3.8) is 0 Å². The predicted molar refractivity (Wildman–Crippen MR) is 107 cm³/mol. The van der Waals surface area contributed by atoms with Crippen molar-refractivity contribution in [2.75, 3.05) is 46.1 Å². The molecular weight excluding hydrogens is 330 g/mol. The molecule has 5 heteroatoms. The molecular formula is C21H43NO4. The first-order chi connectivity index (χ1) is 12.4. The summed E-state index contributed by atoms with van der Waals surface area (Å²) in [7, 11) is 0. The average molecular weight is 374 g/mol. The normalized spacial score (nSPS) is 21.9. The van der Waals surface area contributed by atoms with Crippen LogP contribution in [-0.2, 0) is 14.2 Å². The molecule has 156 valence electrons. The molecule has 0 aromatic carbocycles. The molecule has 1 saturated heterocycles. The molecule has 3 unspecified atom stereocenters. The zero-order valence-electron chi connectivity index (χ0n) is 17.9. The van der Waals surface area contributed by atoms with Crippen molar-refractivity contribution in [3.05, 3.63) is 0 Å². The Hall–Kier alpha value is -0.200. The summed E-state index contributed by atoms with van der Waals surface area (Å²) < 4.78 is 17.7. The van der Waals surface area contributed by atoms with Crippen LogP contribution < -0.4 is 0 Å². The zero-order chi connectivity index (χ0) is 19.5. The number of β-amino-alcohol motifs (C(OH)–C–C–N with tert-alkyl or cyclic N) is 1. The molecule has 0 saturated carbocycles. The van der Waals surface area contributed by atoms with E-state index in [0.717, 1.165) is 65.0 Å². The van der Waals surface area contributed by atoms with E-state index < -0.39 is 0 Å². The van der Waals surface area contributed by atoms with E-state index >= 15 is 0 Å². The van der Waals surface area contributed by atoms with Crippen LogP contribution in [0.2, 0.25) is 0 Å². The standard InChI is InChI=1S/C21H43NO4/c1-6-9-13-25-20(4,7-2)10-14-26-21(5,8-3)17-19(23)18-22-11-15-24-16-12-22/h19,23H,6-18H2,1-5H3. The molecule has 0 radical (unpaired) electrons. The lowest BCUT2D eigenvalue weighted by Crippen LogP contribution is -2.44. The summed E-state index contributed by atoms with van der Waals surface area (Å²) in [5, 5.41) is 10.5. The number of rotatable bonds is 14. The van der Waals surface area contributed by atoms with Crippen molar-refractivity contribution in [2.45, 2.75) is 90.4 Å². The molecule has 1 rings (SSSR count). The number of unbranched alkanes of at least 4 members (excludes halogenated alkanes) is 1. The van der Waals surface area contributed by atoms with Crippen LogP contribution in [0.3, 0.4) is 0 Å². The van der Waals surface area contributed by atoms with Crippen LogP contribution in [0.1, 0.15) is 73.1 Å². The second-order valence-electron chi connectivity index (χ2n) is 8.18. The van der Waals surface area contributed by atoms with E-state index in [1.165, 1.54) is 0 Å². The Balaban J connectivity index is 2.39. The fraction of sp³-hybridized carbons (Fsp3) is 1.00. The molecule has 0 spiro atoms. The first-order valence-electron chi connectivity index (χ1n) is 10.6. The van der Waals surface area contributed by atoms with Crippen molar-refractivity contribution in [1.82, 2.24) is 4.90 Å². The molecule has 3 atom stereocenters. The molecule has 0 aliphatic carbocycles. The summed E-state index contributed by atoms with van der Waals surface area (Å²) in [5.41, 5.74) is -0.403. The molecule has 26 heavy (non-hydrogen) atoms. The van der Waals surface area contributed by atoms with E-state index in [4.69, 9.17) is 14.2 Å². The monoisotopic (exact) mass is 373 g/mol. The molecule has 5 nitrogen and oxygen atoms in total. The van der Waals surface area contributed by atoms with Crippen molar-refractivity contribution < 1.29 is 19.3 Å². The van der Waals surface area contributed by atoms with Crippen LogP contribution in [0.15, 0.2) is 0 Å². The highest BCUT2D eigenvalue weighted by Gasteiger charge is 2.30. The quantitative estimate of drug-likeness (QED) is 0.471. The number of ether oxygens (including phenoxy) is 3. The highest BCUT2D eigenvalue weighted by Crippen LogP contribution is 2.26. The van der Waals surface area contributed by atoms with Gasteiger partial charge >= 0.3 is 0 Å². The summed E-state index contributed by atoms with van der Waals surface area (Å²) in [6.07, 6.45) is 5.34. The highest BCUT2D eigenvalue weighted by atomic mass is 16.5. The van der Waals surface area contributed by atoms with Gasteiger partial charge in [-0.25, -0.2) is 0 Å². The first kappa shape index (κ1) is 23.8. The minimum atomic E-state index is -0.364. The van der Waals surface area contributed by atoms with Gasteiger partial charge in [0.1, 0.15) is 0 Å². The molecule has 1 heterocycles. The maximum atomic E-state index is 10.5. The number of aliphatic hydroxyl groups excluding tert-OH is 1. The van der Waals surface area contributed by atoms with Gasteiger partial charge in [-0.05, 0) is 39.5 Å². The lowest BCUT2D eigenvalue weighted by Gasteiger charge is -2.35.